The average molecular weight is 405 g/mol. The zero-order chi connectivity index (χ0) is 20.3. The molecule has 152 valence electrons. The maximum absolute atomic E-state index is 13.0. The largest absolute Gasteiger partial charge is 0.341 e. The van der Waals surface area contributed by atoms with Crippen LogP contribution < -0.4 is 0 Å². The predicted molar refractivity (Wildman–Crippen MR) is 108 cm³/mol. The number of rotatable bonds is 5. The Bertz CT molecular complexity index is 933. The number of H-pyrrole nitrogens is 1. The Morgan fingerprint density at radius 1 is 1.14 bits per heavy atom. The third-order valence-corrected chi connectivity index (χ3v) is 7.34. The molecule has 8 heteroatoms. The van der Waals surface area contributed by atoms with E-state index in [1.54, 1.807) is 18.7 Å². The summed E-state index contributed by atoms with van der Waals surface area (Å²) in [5.74, 6) is 0.0800. The van der Waals surface area contributed by atoms with Crippen LogP contribution in [0.25, 0.3) is 0 Å². The fourth-order valence-electron chi connectivity index (χ4n) is 3.71. The Morgan fingerprint density at radius 2 is 1.93 bits per heavy atom. The molecule has 1 aliphatic heterocycles. The predicted octanol–water partition coefficient (Wildman–Crippen LogP) is 2.19. The van der Waals surface area contributed by atoms with Crippen molar-refractivity contribution in [2.45, 2.75) is 44.9 Å². The van der Waals surface area contributed by atoms with E-state index in [1.165, 1.54) is 9.87 Å². The molecule has 0 spiro atoms. The molecule has 1 N–H and O–H groups in total. The van der Waals surface area contributed by atoms with Crippen molar-refractivity contribution in [3.05, 3.63) is 46.8 Å². The van der Waals surface area contributed by atoms with Gasteiger partial charge in [-0.1, -0.05) is 29.8 Å². The third kappa shape index (κ3) is 4.44. The van der Waals surface area contributed by atoms with Gasteiger partial charge >= 0.3 is 0 Å². The molecule has 0 saturated carbocycles. The molecule has 3 rings (SSSR count). The van der Waals surface area contributed by atoms with E-state index in [4.69, 9.17) is 0 Å². The molecule has 0 atom stereocenters. The minimum absolute atomic E-state index is 0.0800. The van der Waals surface area contributed by atoms with E-state index in [0.29, 0.717) is 56.8 Å². The van der Waals surface area contributed by atoms with Crippen molar-refractivity contribution in [1.29, 1.82) is 0 Å². The van der Waals surface area contributed by atoms with Gasteiger partial charge in [-0.2, -0.15) is 9.40 Å². The highest BCUT2D eigenvalue weighted by Crippen LogP contribution is 2.23. The van der Waals surface area contributed by atoms with Crippen molar-refractivity contribution in [3.8, 4) is 0 Å². The first-order valence-electron chi connectivity index (χ1n) is 9.64. The summed E-state index contributed by atoms with van der Waals surface area (Å²) < 4.78 is 27.5. The summed E-state index contributed by atoms with van der Waals surface area (Å²) in [5.41, 5.74) is 3.37. The number of hydrogen-bond acceptors (Lipinski definition) is 4. The Kier molecular flexibility index (Phi) is 6.20. The summed E-state index contributed by atoms with van der Waals surface area (Å²) in [4.78, 5) is 14.7. The van der Waals surface area contributed by atoms with Gasteiger partial charge in [-0.25, -0.2) is 8.42 Å². The molecular weight excluding hydrogens is 376 g/mol. The summed E-state index contributed by atoms with van der Waals surface area (Å²) >= 11 is 0. The molecule has 7 nitrogen and oxygen atoms in total. The van der Waals surface area contributed by atoms with Gasteiger partial charge in [-0.15, -0.1) is 0 Å². The van der Waals surface area contributed by atoms with Crippen molar-refractivity contribution in [2.24, 2.45) is 0 Å². The van der Waals surface area contributed by atoms with Gasteiger partial charge in [0.05, 0.1) is 11.4 Å². The van der Waals surface area contributed by atoms with Crippen LogP contribution in [-0.2, 0) is 21.2 Å². The standard InChI is InChI=1S/C20H28N4O3S/c1-15-6-4-7-18(14-15)8-9-19(25)23-10-5-11-24(13-12-23)28(26,27)20-16(2)21-22-17(20)3/h4,6-7,14H,5,8-13H2,1-3H3,(H,21,22). The van der Waals surface area contributed by atoms with Crippen molar-refractivity contribution in [1.82, 2.24) is 19.4 Å². The summed E-state index contributed by atoms with van der Waals surface area (Å²) in [6.07, 6.45) is 1.77. The molecule has 2 heterocycles. The van der Waals surface area contributed by atoms with Gasteiger partial charge in [0, 0.05) is 32.6 Å². The van der Waals surface area contributed by atoms with Gasteiger partial charge in [0.15, 0.2) is 0 Å². The maximum atomic E-state index is 13.0. The van der Waals surface area contributed by atoms with Crippen LogP contribution in [0.1, 0.15) is 35.4 Å². The lowest BCUT2D eigenvalue weighted by Gasteiger charge is -2.22. The molecule has 0 bridgehead atoms. The molecule has 1 saturated heterocycles. The minimum atomic E-state index is -3.61. The van der Waals surface area contributed by atoms with E-state index in [1.807, 2.05) is 25.1 Å². The first-order chi connectivity index (χ1) is 13.3. The van der Waals surface area contributed by atoms with Gasteiger partial charge in [-0.3, -0.25) is 9.89 Å². The average Bonchev–Trinajstić information content (AvgIpc) is 2.85. The number of aromatic nitrogens is 2. The summed E-state index contributed by atoms with van der Waals surface area (Å²) in [7, 11) is -3.61. The van der Waals surface area contributed by atoms with Crippen molar-refractivity contribution < 1.29 is 13.2 Å². The van der Waals surface area contributed by atoms with Crippen molar-refractivity contribution >= 4 is 15.9 Å². The Morgan fingerprint density at radius 3 is 2.61 bits per heavy atom. The van der Waals surface area contributed by atoms with E-state index in [9.17, 15) is 13.2 Å². The van der Waals surface area contributed by atoms with Crippen LogP contribution in [0.15, 0.2) is 29.2 Å². The highest BCUT2D eigenvalue weighted by atomic mass is 32.2. The van der Waals surface area contributed by atoms with Crippen LogP contribution in [-0.4, -0.2) is 59.9 Å². The number of nitrogens with one attached hydrogen (secondary N) is 1. The summed E-state index contributed by atoms with van der Waals surface area (Å²) in [5, 5.41) is 6.75. The lowest BCUT2D eigenvalue weighted by atomic mass is 10.1. The molecule has 28 heavy (non-hydrogen) atoms. The molecule has 1 amide bonds. The second-order valence-electron chi connectivity index (χ2n) is 7.39. The van der Waals surface area contributed by atoms with Gasteiger partial charge in [0.25, 0.3) is 0 Å². The number of amides is 1. The minimum Gasteiger partial charge on any atom is -0.341 e. The number of aryl methyl sites for hydroxylation is 4. The van der Waals surface area contributed by atoms with E-state index in [0.717, 1.165) is 5.56 Å². The number of nitrogens with zero attached hydrogens (tertiary/aromatic N) is 3. The van der Waals surface area contributed by atoms with Gasteiger partial charge in [-0.05, 0) is 39.2 Å². The van der Waals surface area contributed by atoms with Crippen LogP contribution in [0, 0.1) is 20.8 Å². The summed E-state index contributed by atoms with van der Waals surface area (Å²) in [6, 6.07) is 8.18. The van der Waals surface area contributed by atoms with Crippen LogP contribution in [0.4, 0.5) is 0 Å². The second-order valence-corrected chi connectivity index (χ2v) is 9.27. The quantitative estimate of drug-likeness (QED) is 0.828. The van der Waals surface area contributed by atoms with Gasteiger partial charge in [0.1, 0.15) is 4.90 Å². The van der Waals surface area contributed by atoms with E-state index in [-0.39, 0.29) is 10.8 Å². The fourth-order valence-corrected chi connectivity index (χ4v) is 5.51. The highest BCUT2D eigenvalue weighted by Gasteiger charge is 2.31. The van der Waals surface area contributed by atoms with E-state index < -0.39 is 10.0 Å². The zero-order valence-electron chi connectivity index (χ0n) is 16.7. The highest BCUT2D eigenvalue weighted by molar-refractivity contribution is 7.89. The van der Waals surface area contributed by atoms with Crippen molar-refractivity contribution in [3.63, 3.8) is 0 Å². The van der Waals surface area contributed by atoms with Gasteiger partial charge in [0.2, 0.25) is 15.9 Å². The lowest BCUT2D eigenvalue weighted by molar-refractivity contribution is -0.131. The topological polar surface area (TPSA) is 86.4 Å². The number of carbonyl (C=O) groups excluding carboxylic acids is 1. The second kappa shape index (κ2) is 8.45. The number of carbonyl (C=O) groups is 1. The molecule has 0 unspecified atom stereocenters. The van der Waals surface area contributed by atoms with E-state index in [2.05, 4.69) is 16.3 Å². The summed E-state index contributed by atoms with van der Waals surface area (Å²) in [6.45, 7) is 7.17. The van der Waals surface area contributed by atoms with Crippen LogP contribution in [0.3, 0.4) is 0 Å². The van der Waals surface area contributed by atoms with Crippen LogP contribution >= 0.6 is 0 Å². The Labute approximate surface area is 166 Å². The zero-order valence-corrected chi connectivity index (χ0v) is 17.6. The maximum Gasteiger partial charge on any atom is 0.246 e. The molecule has 1 fully saturated rings. The normalized spacial score (nSPS) is 16.2. The first kappa shape index (κ1) is 20.5. The fraction of sp³-hybridized carbons (Fsp3) is 0.500. The monoisotopic (exact) mass is 404 g/mol. The van der Waals surface area contributed by atoms with E-state index >= 15 is 0 Å². The van der Waals surface area contributed by atoms with Gasteiger partial charge < -0.3 is 4.90 Å². The molecule has 2 aromatic rings. The van der Waals surface area contributed by atoms with Crippen LogP contribution in [0.2, 0.25) is 0 Å². The molecule has 0 radical (unpaired) electrons. The molecule has 0 aliphatic carbocycles. The molecular formula is C20H28N4O3S. The Balaban J connectivity index is 1.62. The Hall–Kier alpha value is -2.19. The third-order valence-electron chi connectivity index (χ3n) is 5.18. The molecule has 1 aromatic heterocycles. The van der Waals surface area contributed by atoms with Crippen LogP contribution in [0.5, 0.6) is 0 Å². The number of hydrogen-bond donors (Lipinski definition) is 1. The number of aromatic amines is 1. The van der Waals surface area contributed by atoms with Crippen molar-refractivity contribution in [2.75, 3.05) is 26.2 Å². The molecule has 1 aliphatic rings. The lowest BCUT2D eigenvalue weighted by Crippen LogP contribution is -2.37. The smallest absolute Gasteiger partial charge is 0.246 e. The number of benzene rings is 1. The first-order valence-corrected chi connectivity index (χ1v) is 11.1. The molecule has 1 aromatic carbocycles. The SMILES string of the molecule is Cc1cccc(CCC(=O)N2CCCN(S(=O)(=O)c3c(C)n[nH]c3C)CC2)c1. The number of sulfonamides is 1.